The highest BCUT2D eigenvalue weighted by atomic mass is 35.5. The summed E-state index contributed by atoms with van der Waals surface area (Å²) < 4.78 is 5.31. The highest BCUT2D eigenvalue weighted by Crippen LogP contribution is 2.39. The summed E-state index contributed by atoms with van der Waals surface area (Å²) in [6, 6.07) is 12.6. The quantitative estimate of drug-likeness (QED) is 0.417. The second kappa shape index (κ2) is 8.74. The van der Waals surface area contributed by atoms with Crippen molar-refractivity contribution in [2.75, 3.05) is 23.9 Å². The van der Waals surface area contributed by atoms with Crippen LogP contribution < -0.4 is 15.0 Å². The molecule has 0 amide bonds. The third-order valence-corrected chi connectivity index (χ3v) is 4.52. The Bertz CT molecular complexity index is 1040. The van der Waals surface area contributed by atoms with Crippen molar-refractivity contribution < 1.29 is 9.66 Å². The lowest BCUT2D eigenvalue weighted by atomic mass is 10.2. The van der Waals surface area contributed by atoms with Crippen molar-refractivity contribution in [1.82, 2.24) is 9.97 Å². The van der Waals surface area contributed by atoms with Gasteiger partial charge in [-0.05, 0) is 49.7 Å². The molecule has 1 aromatic heterocycles. The highest BCUT2D eigenvalue weighted by molar-refractivity contribution is 6.31. The van der Waals surface area contributed by atoms with Gasteiger partial charge >= 0.3 is 5.69 Å². The Hall–Kier alpha value is -3.39. The Morgan fingerprint density at radius 1 is 1.24 bits per heavy atom. The molecule has 0 saturated heterocycles. The van der Waals surface area contributed by atoms with E-state index in [-0.39, 0.29) is 17.3 Å². The molecule has 29 heavy (non-hydrogen) atoms. The van der Waals surface area contributed by atoms with Crippen molar-refractivity contribution in [3.8, 4) is 5.75 Å². The van der Waals surface area contributed by atoms with E-state index in [1.54, 1.807) is 23.1 Å². The van der Waals surface area contributed by atoms with Gasteiger partial charge in [-0.25, -0.2) is 9.97 Å². The Morgan fingerprint density at radius 3 is 2.69 bits per heavy atom. The number of nitro groups is 1. The highest BCUT2D eigenvalue weighted by Gasteiger charge is 2.28. The normalized spacial score (nSPS) is 10.5. The van der Waals surface area contributed by atoms with Crippen molar-refractivity contribution >= 4 is 40.3 Å². The number of halogens is 1. The van der Waals surface area contributed by atoms with E-state index in [1.165, 1.54) is 13.4 Å². The first-order valence-electron chi connectivity index (χ1n) is 8.88. The van der Waals surface area contributed by atoms with Gasteiger partial charge in [-0.2, -0.15) is 0 Å². The first-order valence-corrected chi connectivity index (χ1v) is 9.26. The predicted molar refractivity (Wildman–Crippen MR) is 114 cm³/mol. The van der Waals surface area contributed by atoms with Gasteiger partial charge in [0.15, 0.2) is 0 Å². The lowest BCUT2D eigenvalue weighted by Crippen LogP contribution is -2.20. The van der Waals surface area contributed by atoms with Gasteiger partial charge in [-0.3, -0.25) is 10.1 Å². The van der Waals surface area contributed by atoms with Crippen LogP contribution in [0.5, 0.6) is 5.75 Å². The predicted octanol–water partition coefficient (Wildman–Crippen LogP) is 5.26. The Morgan fingerprint density at radius 2 is 2.03 bits per heavy atom. The second-order valence-corrected chi connectivity index (χ2v) is 6.64. The summed E-state index contributed by atoms with van der Waals surface area (Å²) in [6.07, 6.45) is 1.29. The van der Waals surface area contributed by atoms with Crippen LogP contribution in [-0.4, -0.2) is 28.5 Å². The van der Waals surface area contributed by atoms with E-state index in [2.05, 4.69) is 15.3 Å². The van der Waals surface area contributed by atoms with Gasteiger partial charge in [0, 0.05) is 17.3 Å². The van der Waals surface area contributed by atoms with Crippen LogP contribution in [0, 0.1) is 17.0 Å². The summed E-state index contributed by atoms with van der Waals surface area (Å²) in [5, 5.41) is 15.4. The van der Waals surface area contributed by atoms with E-state index in [0.717, 1.165) is 11.3 Å². The molecule has 0 aliphatic heterocycles. The molecular formula is C20H20ClN5O3. The summed E-state index contributed by atoms with van der Waals surface area (Å²) in [6.45, 7) is 4.35. The molecule has 0 spiro atoms. The molecule has 0 saturated carbocycles. The first-order chi connectivity index (χ1) is 13.9. The molecule has 0 fully saturated rings. The summed E-state index contributed by atoms with van der Waals surface area (Å²) in [5.74, 6) is 0.725. The molecule has 1 heterocycles. The van der Waals surface area contributed by atoms with Crippen LogP contribution in [0.15, 0.2) is 48.8 Å². The van der Waals surface area contributed by atoms with Gasteiger partial charge in [0.05, 0.1) is 17.7 Å². The molecule has 0 aliphatic carbocycles. The van der Waals surface area contributed by atoms with E-state index in [9.17, 15) is 10.1 Å². The van der Waals surface area contributed by atoms with Gasteiger partial charge in [0.25, 0.3) is 0 Å². The largest absolute Gasteiger partial charge is 0.495 e. The third kappa shape index (κ3) is 4.38. The summed E-state index contributed by atoms with van der Waals surface area (Å²) in [4.78, 5) is 21.6. The molecule has 3 aromatic rings. The van der Waals surface area contributed by atoms with Gasteiger partial charge in [-0.15, -0.1) is 0 Å². The van der Waals surface area contributed by atoms with Crippen LogP contribution in [0.3, 0.4) is 0 Å². The molecule has 0 atom stereocenters. The van der Waals surface area contributed by atoms with Crippen molar-refractivity contribution in [3.05, 3.63) is 69.5 Å². The first kappa shape index (κ1) is 20.3. The zero-order valence-electron chi connectivity index (χ0n) is 16.2. The minimum atomic E-state index is -0.493. The van der Waals surface area contributed by atoms with Gasteiger partial charge < -0.3 is 15.0 Å². The number of hydrogen-bond donors (Lipinski definition) is 1. The number of nitrogens with zero attached hydrogens (tertiary/aromatic N) is 4. The number of benzene rings is 2. The number of ether oxygens (including phenoxy) is 1. The summed E-state index contributed by atoms with van der Waals surface area (Å²) in [7, 11) is 1.50. The average Bonchev–Trinajstić information content (AvgIpc) is 2.69. The fourth-order valence-corrected chi connectivity index (χ4v) is 3.15. The molecule has 150 valence electrons. The zero-order chi connectivity index (χ0) is 21.0. The molecule has 8 nitrogen and oxygen atoms in total. The smallest absolute Gasteiger partial charge is 0.354 e. The maximum absolute atomic E-state index is 12.0. The maximum Gasteiger partial charge on any atom is 0.354 e. The Balaban J connectivity index is 2.11. The molecule has 0 radical (unpaired) electrons. The number of nitrogens with one attached hydrogen (secondary N) is 1. The fourth-order valence-electron chi connectivity index (χ4n) is 2.98. The van der Waals surface area contributed by atoms with Crippen molar-refractivity contribution in [2.24, 2.45) is 0 Å². The Labute approximate surface area is 173 Å². The standard InChI is InChI=1S/C20H20ClN5O3/c1-4-25(15-7-5-6-13(2)10-15)20-18(26(27)28)19(22-12-23-20)24-16-11-14(21)8-9-17(16)29-3/h5-12H,4H2,1-3H3,(H,22,23,24). The number of anilines is 4. The number of methoxy groups -OCH3 is 1. The average molecular weight is 414 g/mol. The number of hydrogen-bond acceptors (Lipinski definition) is 7. The Kier molecular flexibility index (Phi) is 6.13. The lowest BCUT2D eigenvalue weighted by molar-refractivity contribution is -0.383. The van der Waals surface area contributed by atoms with Crippen molar-refractivity contribution in [1.29, 1.82) is 0 Å². The van der Waals surface area contributed by atoms with Crippen LogP contribution in [-0.2, 0) is 0 Å². The monoisotopic (exact) mass is 413 g/mol. The maximum atomic E-state index is 12.0. The molecular weight excluding hydrogens is 394 g/mol. The van der Waals surface area contributed by atoms with Crippen LogP contribution >= 0.6 is 11.6 Å². The van der Waals surface area contributed by atoms with Gasteiger partial charge in [0.2, 0.25) is 11.6 Å². The molecule has 0 aliphatic rings. The molecule has 0 bridgehead atoms. The SMILES string of the molecule is CCN(c1cccc(C)c1)c1ncnc(Nc2cc(Cl)ccc2OC)c1[N+](=O)[O-]. The van der Waals surface area contributed by atoms with Crippen LogP contribution in [0.25, 0.3) is 0 Å². The molecule has 1 N–H and O–H groups in total. The number of rotatable bonds is 7. The van der Waals surface area contributed by atoms with Crippen LogP contribution in [0.2, 0.25) is 5.02 Å². The fraction of sp³-hybridized carbons (Fsp3) is 0.200. The molecule has 0 unspecified atom stereocenters. The second-order valence-electron chi connectivity index (χ2n) is 6.20. The zero-order valence-corrected chi connectivity index (χ0v) is 17.0. The van der Waals surface area contributed by atoms with E-state index in [4.69, 9.17) is 16.3 Å². The van der Waals surface area contributed by atoms with E-state index in [1.807, 2.05) is 38.1 Å². The van der Waals surface area contributed by atoms with Gasteiger partial charge in [0.1, 0.15) is 12.1 Å². The minimum absolute atomic E-state index is 0.0478. The third-order valence-electron chi connectivity index (χ3n) is 4.29. The van der Waals surface area contributed by atoms with Gasteiger partial charge in [-0.1, -0.05) is 23.7 Å². The summed E-state index contributed by atoms with van der Waals surface area (Å²) in [5.41, 5.74) is 2.07. The molecule has 3 rings (SSSR count). The molecule has 2 aromatic carbocycles. The number of aromatic nitrogens is 2. The van der Waals surface area contributed by atoms with Crippen molar-refractivity contribution in [2.45, 2.75) is 13.8 Å². The topological polar surface area (TPSA) is 93.4 Å². The van der Waals surface area contributed by atoms with E-state index < -0.39 is 4.92 Å². The minimum Gasteiger partial charge on any atom is -0.495 e. The van der Waals surface area contributed by atoms with Crippen LogP contribution in [0.1, 0.15) is 12.5 Å². The van der Waals surface area contributed by atoms with E-state index in [0.29, 0.717) is 23.0 Å². The molecule has 9 heteroatoms. The van der Waals surface area contributed by atoms with Crippen molar-refractivity contribution in [3.63, 3.8) is 0 Å². The van der Waals surface area contributed by atoms with E-state index >= 15 is 0 Å². The number of aryl methyl sites for hydroxylation is 1. The van der Waals surface area contributed by atoms with Crippen LogP contribution in [0.4, 0.5) is 28.7 Å². The lowest BCUT2D eigenvalue weighted by Gasteiger charge is -2.22. The summed E-state index contributed by atoms with van der Waals surface area (Å²) >= 11 is 6.07.